The molecule has 0 aromatic rings. The van der Waals surface area contributed by atoms with E-state index in [0.29, 0.717) is 43.4 Å². The number of ether oxygens (including phenoxy) is 14. The van der Waals surface area contributed by atoms with E-state index in [1.54, 1.807) is 7.11 Å². The van der Waals surface area contributed by atoms with Crippen LogP contribution >= 0.6 is 0 Å². The van der Waals surface area contributed by atoms with E-state index in [9.17, 15) is 91.9 Å². The third kappa shape index (κ3) is 14.4. The number of aliphatic hydroxyl groups excluding tert-OH is 18. The minimum atomic E-state index is -1.97. The molecule has 97 heavy (non-hydrogen) atoms. The van der Waals surface area contributed by atoms with E-state index in [2.05, 4.69) is 26.8 Å². The van der Waals surface area contributed by atoms with Crippen molar-refractivity contribution in [1.82, 2.24) is 0 Å². The van der Waals surface area contributed by atoms with Crippen LogP contribution in [0.2, 0.25) is 0 Å². The number of aliphatic hydroxyl groups is 18. The van der Waals surface area contributed by atoms with Crippen LogP contribution in [0.25, 0.3) is 0 Å². The first-order valence-corrected chi connectivity index (χ1v) is 34.7. The molecule has 0 unspecified atom stereocenters. The number of rotatable bonds is 21. The summed E-state index contributed by atoms with van der Waals surface area (Å²) >= 11 is 0. The van der Waals surface area contributed by atoms with Gasteiger partial charge in [-0.1, -0.05) is 39.3 Å². The summed E-state index contributed by atoms with van der Waals surface area (Å²) < 4.78 is 85.6. The Balaban J connectivity index is 0.732. The average molecular weight is 1400 g/mol. The lowest BCUT2D eigenvalue weighted by atomic mass is 9.42. The van der Waals surface area contributed by atoms with Crippen molar-refractivity contribution < 1.29 is 158 Å². The first kappa shape index (κ1) is 76.6. The van der Waals surface area contributed by atoms with Crippen molar-refractivity contribution >= 4 is 0 Å². The van der Waals surface area contributed by atoms with E-state index in [-0.39, 0.29) is 41.3 Å². The van der Waals surface area contributed by atoms with Crippen LogP contribution in [0.1, 0.15) is 106 Å². The van der Waals surface area contributed by atoms with Gasteiger partial charge >= 0.3 is 0 Å². The first-order valence-electron chi connectivity index (χ1n) is 34.7. The highest BCUT2D eigenvalue weighted by Gasteiger charge is 2.67. The summed E-state index contributed by atoms with van der Waals surface area (Å²) in [6.07, 6.45) is -38.7. The van der Waals surface area contributed by atoms with Gasteiger partial charge in [-0.3, -0.25) is 0 Å². The predicted molar refractivity (Wildman–Crippen MR) is 323 cm³/mol. The van der Waals surface area contributed by atoms with Crippen molar-refractivity contribution in [1.29, 1.82) is 0 Å². The quantitative estimate of drug-likeness (QED) is 0.0477. The number of allylic oxidation sites excluding steroid dienone is 1. The molecule has 0 amide bonds. The van der Waals surface area contributed by atoms with E-state index in [0.717, 1.165) is 38.5 Å². The molecule has 0 aromatic heterocycles. The van der Waals surface area contributed by atoms with E-state index in [1.165, 1.54) is 19.4 Å². The normalized spacial score (nSPS) is 54.4. The van der Waals surface area contributed by atoms with E-state index in [4.69, 9.17) is 66.3 Å². The maximum absolute atomic E-state index is 12.0. The molecule has 11 aliphatic rings. The smallest absolute Gasteiger partial charge is 0.187 e. The van der Waals surface area contributed by atoms with Crippen LogP contribution < -0.4 is 0 Å². The molecule has 11 rings (SSSR count). The SMILES string of the molecule is CO[C@]1(CC[C@H](C)CO[C@@H]2O[C@H](CO[C@@H]3O[C@H](CO)[C@@H](O)[C@H](O)[C@H]3O)[C@@H](O)[C@H](O)[C@H]2O)O[C@H]2CC[C@H]3[C@@H]4CC=C5C[C@@H](O[C@@H]6O[C@H](CO)[C@@H](O)[C@H](O[C@@H]7O[C@@H](C)[C@H](O[C@@H]8O[C@H](CO)[C@@H](O)[C@H](O)[C@H]8O)[C@@H](O)[C@H]7O)[C@H]6O[C@@H]6O[C@@H](C)[C@H](O)[C@@H](O)[C@H]6O)CC[C@]5(C)[C@H]4CC[C@]3(C)[C@H]2[C@@H]1C. The Labute approximate surface area is 562 Å². The lowest BCUT2D eigenvalue weighted by molar-refractivity contribution is -0.398. The molecule has 7 aliphatic heterocycles. The highest BCUT2D eigenvalue weighted by atomic mass is 16.8. The summed E-state index contributed by atoms with van der Waals surface area (Å²) in [4.78, 5) is 0. The first-order chi connectivity index (χ1) is 45.9. The Kier molecular flexibility index (Phi) is 24.4. The Hall–Kier alpha value is -1.54. The lowest BCUT2D eigenvalue weighted by Crippen LogP contribution is -2.67. The number of hydrogen-bond donors (Lipinski definition) is 18. The molecule has 10 fully saturated rings. The van der Waals surface area contributed by atoms with Gasteiger partial charge in [-0.15, -0.1) is 0 Å². The van der Waals surface area contributed by atoms with E-state index >= 15 is 0 Å². The van der Waals surface area contributed by atoms with Gasteiger partial charge in [0.05, 0.1) is 57.5 Å². The molecular formula is C65H108O32. The minimum Gasteiger partial charge on any atom is -0.394 e. The number of methoxy groups -OCH3 is 1. The maximum Gasteiger partial charge on any atom is 0.187 e. The summed E-state index contributed by atoms with van der Waals surface area (Å²) in [5, 5.41) is 193. The molecule has 7 heterocycles. The van der Waals surface area contributed by atoms with Crippen molar-refractivity contribution in [2.24, 2.45) is 46.3 Å². The standard InChI is InChI=1S/C65H108O32/c1-24(22-85-57-50(80)47(77)42(72)37(93-57)23-86-58-49(79)45(75)40(70)34(19-66)90-58)12-17-65(84-7)25(2)38-33(97-65)11-10-31-30-9-8-28-18-29(13-15-63(28,5)32(30)14-16-64(31,38)6)89-62-56(96-59-51(81)44(74)39(69)26(3)87-59)55(43(73)36(21-68)92-62)95-60-53(83)48(78)54(27(4)88-60)94-61-52(82)46(76)41(71)35(20-67)91-61/h8,24-27,29-62,66-83H,9-23H2,1-7H3/t24-,25-,26-,27-,29-,30-,31-,32-,33-,34+,35+,36+,37+,38-,39-,40+,41+,42+,43+,44+,45-,46-,47-,48-,49+,50+,51+,52+,53+,54-,55-,56+,57+,58+,59-,60-,61-,62+,63-,64-,65+/m0/s1. The monoisotopic (exact) mass is 1400 g/mol. The molecule has 0 bridgehead atoms. The Morgan fingerprint density at radius 3 is 1.64 bits per heavy atom. The zero-order chi connectivity index (χ0) is 70.2. The molecule has 3 saturated carbocycles. The Bertz CT molecular complexity index is 2580. The van der Waals surface area contributed by atoms with Crippen molar-refractivity contribution in [3.8, 4) is 0 Å². The second-order valence-corrected chi connectivity index (χ2v) is 30.0. The second-order valence-electron chi connectivity index (χ2n) is 30.0. The summed E-state index contributed by atoms with van der Waals surface area (Å²) in [6, 6.07) is 0. The molecule has 18 N–H and O–H groups in total. The van der Waals surface area contributed by atoms with Crippen molar-refractivity contribution in [3.05, 3.63) is 11.6 Å². The van der Waals surface area contributed by atoms with E-state index in [1.807, 2.05) is 6.92 Å². The predicted octanol–water partition coefficient (Wildman–Crippen LogP) is -5.29. The van der Waals surface area contributed by atoms with Gasteiger partial charge in [0.1, 0.15) is 134 Å². The van der Waals surface area contributed by atoms with Crippen molar-refractivity contribution in [2.45, 2.75) is 308 Å². The number of hydrogen-bond acceptors (Lipinski definition) is 32. The largest absolute Gasteiger partial charge is 0.394 e. The molecule has 560 valence electrons. The topological polar surface area (TPSA) is 493 Å². The molecule has 0 aromatic carbocycles. The summed E-state index contributed by atoms with van der Waals surface area (Å²) in [7, 11) is 1.68. The number of fused-ring (bicyclic) bond motifs is 7. The van der Waals surface area contributed by atoms with Gasteiger partial charge in [0.2, 0.25) is 0 Å². The van der Waals surface area contributed by atoms with Crippen LogP contribution in [0.4, 0.5) is 0 Å². The van der Waals surface area contributed by atoms with Gasteiger partial charge in [-0.05, 0) is 112 Å². The lowest BCUT2D eigenvalue weighted by Gasteiger charge is -2.62. The molecule has 32 heteroatoms. The maximum atomic E-state index is 12.0. The molecule has 7 saturated heterocycles. The molecule has 41 atom stereocenters. The third-order valence-corrected chi connectivity index (χ3v) is 24.3. The van der Waals surface area contributed by atoms with Gasteiger partial charge in [-0.2, -0.15) is 0 Å². The van der Waals surface area contributed by atoms with Crippen molar-refractivity contribution in [2.75, 3.05) is 40.1 Å². The summed E-state index contributed by atoms with van der Waals surface area (Å²) in [5.41, 5.74) is 0.909. The molecular weight excluding hydrogens is 1290 g/mol. The summed E-state index contributed by atoms with van der Waals surface area (Å²) in [5.74, 6) is 0.189. The Morgan fingerprint density at radius 2 is 1.01 bits per heavy atom. The minimum absolute atomic E-state index is 0.00251. The van der Waals surface area contributed by atoms with Crippen LogP contribution in [-0.4, -0.2) is 334 Å². The molecule has 32 nitrogen and oxygen atoms in total. The van der Waals surface area contributed by atoms with Crippen LogP contribution in [-0.2, 0) is 66.3 Å². The van der Waals surface area contributed by atoms with Crippen LogP contribution in [0.15, 0.2) is 11.6 Å². The summed E-state index contributed by atoms with van der Waals surface area (Å²) in [6.45, 7) is 9.25. The van der Waals surface area contributed by atoms with Gasteiger partial charge in [0, 0.05) is 19.4 Å². The van der Waals surface area contributed by atoms with Gasteiger partial charge in [0.15, 0.2) is 43.5 Å². The highest BCUT2D eigenvalue weighted by Crippen LogP contribution is 2.69. The van der Waals surface area contributed by atoms with E-state index < -0.39 is 223 Å². The van der Waals surface area contributed by atoms with Gasteiger partial charge in [-0.25, -0.2) is 0 Å². The van der Waals surface area contributed by atoms with Gasteiger partial charge < -0.3 is 158 Å². The zero-order valence-electron chi connectivity index (χ0n) is 55.9. The fraction of sp³-hybridized carbons (Fsp3) is 0.969. The fourth-order valence-corrected chi connectivity index (χ4v) is 18.4. The van der Waals surface area contributed by atoms with Crippen LogP contribution in [0.5, 0.6) is 0 Å². The average Bonchev–Trinajstić information content (AvgIpc) is 1.69. The van der Waals surface area contributed by atoms with Crippen LogP contribution in [0.3, 0.4) is 0 Å². The van der Waals surface area contributed by atoms with Crippen molar-refractivity contribution in [3.63, 3.8) is 0 Å². The third-order valence-electron chi connectivity index (χ3n) is 24.3. The molecule has 0 radical (unpaired) electrons. The van der Waals surface area contributed by atoms with Gasteiger partial charge in [0.25, 0.3) is 0 Å². The highest BCUT2D eigenvalue weighted by molar-refractivity contribution is 5.26. The second kappa shape index (κ2) is 30.9. The Morgan fingerprint density at radius 1 is 0.495 bits per heavy atom. The fourth-order valence-electron chi connectivity index (χ4n) is 18.4. The van der Waals surface area contributed by atoms with Crippen LogP contribution in [0, 0.1) is 46.3 Å². The zero-order valence-corrected chi connectivity index (χ0v) is 55.9. The molecule has 0 spiro atoms. The molecule has 4 aliphatic carbocycles.